The summed E-state index contributed by atoms with van der Waals surface area (Å²) in [5, 5.41) is 28.2. The fourth-order valence-corrected chi connectivity index (χ4v) is 6.73. The number of ether oxygens (including phenoxy) is 1. The smallest absolute Gasteiger partial charge is 0.330 e. The van der Waals surface area contributed by atoms with Crippen LogP contribution in [0.4, 0.5) is 0 Å². The van der Waals surface area contributed by atoms with Gasteiger partial charge in [0.05, 0.1) is 6.61 Å². The lowest BCUT2D eigenvalue weighted by molar-refractivity contribution is -0.149. The Morgan fingerprint density at radius 3 is 2.66 bits per heavy atom. The Hall–Kier alpha value is -2.76. The highest BCUT2D eigenvalue weighted by molar-refractivity contribution is 5.87. The van der Waals surface area contributed by atoms with Crippen LogP contribution in [0.25, 0.3) is 6.08 Å². The van der Waals surface area contributed by atoms with Crippen LogP contribution in [-0.2, 0) is 14.3 Å². The highest BCUT2D eigenvalue weighted by Crippen LogP contribution is 2.62. The van der Waals surface area contributed by atoms with Crippen molar-refractivity contribution in [3.05, 3.63) is 42.0 Å². The van der Waals surface area contributed by atoms with Gasteiger partial charge in [-0.2, -0.15) is 0 Å². The van der Waals surface area contributed by atoms with E-state index in [1.165, 1.54) is 23.8 Å². The van der Waals surface area contributed by atoms with Gasteiger partial charge >= 0.3 is 11.9 Å². The Kier molecular flexibility index (Phi) is 8.34. The van der Waals surface area contributed by atoms with Crippen molar-refractivity contribution in [2.45, 2.75) is 72.1 Å². The monoisotopic (exact) mass is 484 g/mol. The molecule has 5 atom stereocenters. The fraction of sp³-hybridized carbons (Fsp3) is 0.586. The Balaban J connectivity index is 1.66. The number of fused-ring (bicyclic) bond motifs is 1. The third-order valence-corrected chi connectivity index (χ3v) is 8.57. The molecule has 2 saturated carbocycles. The summed E-state index contributed by atoms with van der Waals surface area (Å²) in [6, 6.07) is 4.37. The van der Waals surface area contributed by atoms with Crippen molar-refractivity contribution in [1.29, 1.82) is 0 Å². The van der Waals surface area contributed by atoms with Crippen LogP contribution in [0.5, 0.6) is 11.5 Å². The number of carbonyl (C=O) groups is 2. The number of carboxylic acid groups (broad SMARTS) is 1. The molecule has 1 aromatic carbocycles. The summed E-state index contributed by atoms with van der Waals surface area (Å²) < 4.78 is 5.73. The van der Waals surface area contributed by atoms with E-state index in [1.807, 2.05) is 6.92 Å². The molecule has 35 heavy (non-hydrogen) atoms. The second-order valence-corrected chi connectivity index (χ2v) is 11.3. The van der Waals surface area contributed by atoms with Crippen LogP contribution in [0, 0.1) is 28.6 Å². The fourth-order valence-electron chi connectivity index (χ4n) is 6.73. The molecule has 0 unspecified atom stereocenters. The standard InChI is InChI=1S/C29H40O6/c1-19(16-26(32)33)6-10-22-20(2)7-12-25-28(3,14-5-15-29(22,25)4)18-35-27(34)13-9-21-8-11-23(30)24(31)17-21/h8-9,11,13,17,19,22,25,30-31H,2,5-7,10,12,14-16,18H2,1,3-4H3,(H,32,33)/b13-9+/t19-,22+,25+,28+,29-/m0/s1. The molecule has 0 aliphatic heterocycles. The van der Waals surface area contributed by atoms with Crippen LogP contribution in [-0.4, -0.2) is 33.9 Å². The third kappa shape index (κ3) is 6.28. The summed E-state index contributed by atoms with van der Waals surface area (Å²) in [7, 11) is 0. The third-order valence-electron chi connectivity index (χ3n) is 8.57. The maximum atomic E-state index is 12.5. The summed E-state index contributed by atoms with van der Waals surface area (Å²) in [4.78, 5) is 23.6. The Morgan fingerprint density at radius 2 is 1.97 bits per heavy atom. The molecule has 0 amide bonds. The first kappa shape index (κ1) is 26.8. The zero-order chi connectivity index (χ0) is 25.8. The Bertz CT molecular complexity index is 981. The van der Waals surface area contributed by atoms with Crippen molar-refractivity contribution in [3.63, 3.8) is 0 Å². The van der Waals surface area contributed by atoms with E-state index >= 15 is 0 Å². The number of phenolic OH excluding ortho intramolecular Hbond substituents is 2. The second kappa shape index (κ2) is 10.9. The number of carboxylic acids is 1. The number of aliphatic carboxylic acids is 1. The van der Waals surface area contributed by atoms with E-state index in [1.54, 1.807) is 12.1 Å². The number of esters is 1. The first-order valence-electron chi connectivity index (χ1n) is 12.7. The molecule has 0 bridgehead atoms. The van der Waals surface area contributed by atoms with Gasteiger partial charge in [0.2, 0.25) is 0 Å². The number of rotatable bonds is 9. The lowest BCUT2D eigenvalue weighted by Crippen LogP contribution is -2.52. The number of allylic oxidation sites excluding steroid dienone is 1. The molecule has 2 aliphatic rings. The first-order chi connectivity index (χ1) is 16.4. The molecule has 192 valence electrons. The molecule has 0 heterocycles. The summed E-state index contributed by atoms with van der Waals surface area (Å²) in [6.45, 7) is 11.4. The molecule has 0 aromatic heterocycles. The Morgan fingerprint density at radius 1 is 1.23 bits per heavy atom. The number of benzene rings is 1. The molecule has 0 spiro atoms. The lowest BCUT2D eigenvalue weighted by atomic mass is 9.46. The van der Waals surface area contributed by atoms with Crippen LogP contribution in [0.2, 0.25) is 0 Å². The highest BCUT2D eigenvalue weighted by Gasteiger charge is 2.54. The predicted octanol–water partition coefficient (Wildman–Crippen LogP) is 6.32. The molecule has 1 aromatic rings. The summed E-state index contributed by atoms with van der Waals surface area (Å²) in [5.41, 5.74) is 1.82. The van der Waals surface area contributed by atoms with Crippen molar-refractivity contribution < 1.29 is 29.6 Å². The second-order valence-electron chi connectivity index (χ2n) is 11.3. The molecular weight excluding hydrogens is 444 g/mol. The number of aromatic hydroxyl groups is 2. The normalized spacial score (nSPS) is 29.5. The van der Waals surface area contributed by atoms with Crippen LogP contribution in [0.3, 0.4) is 0 Å². The molecular formula is C29H40O6. The van der Waals surface area contributed by atoms with Gasteiger partial charge in [-0.15, -0.1) is 0 Å². The topological polar surface area (TPSA) is 104 Å². The zero-order valence-electron chi connectivity index (χ0n) is 21.3. The van der Waals surface area contributed by atoms with Crippen LogP contribution in [0.15, 0.2) is 36.4 Å². The maximum Gasteiger partial charge on any atom is 0.330 e. The van der Waals surface area contributed by atoms with Crippen LogP contribution in [0.1, 0.15) is 77.7 Å². The molecule has 2 fully saturated rings. The average molecular weight is 485 g/mol. The summed E-state index contributed by atoms with van der Waals surface area (Å²) in [6.07, 6.45) is 10.1. The quantitative estimate of drug-likeness (QED) is 0.164. The number of phenols is 2. The molecule has 3 rings (SSSR count). The van der Waals surface area contributed by atoms with Crippen LogP contribution < -0.4 is 0 Å². The number of carbonyl (C=O) groups excluding carboxylic acids is 1. The van der Waals surface area contributed by atoms with Gasteiger partial charge < -0.3 is 20.1 Å². The van der Waals surface area contributed by atoms with E-state index in [0.29, 0.717) is 24.0 Å². The number of hydrogen-bond acceptors (Lipinski definition) is 5. The Labute approximate surface area is 208 Å². The van der Waals surface area contributed by atoms with E-state index in [4.69, 9.17) is 9.84 Å². The molecule has 3 N–H and O–H groups in total. The maximum absolute atomic E-state index is 12.5. The SMILES string of the molecule is C=C1CC[C@@H]2[C@@](C)(COC(=O)/C=C/c3ccc(O)c(O)c3)CCC[C@@]2(C)[C@@H]1CC[C@H](C)CC(=O)O. The summed E-state index contributed by atoms with van der Waals surface area (Å²) >= 11 is 0. The largest absolute Gasteiger partial charge is 0.504 e. The van der Waals surface area contributed by atoms with E-state index in [9.17, 15) is 19.8 Å². The molecule has 0 radical (unpaired) electrons. The van der Waals surface area contributed by atoms with Crippen molar-refractivity contribution in [3.8, 4) is 11.5 Å². The minimum Gasteiger partial charge on any atom is -0.504 e. The predicted molar refractivity (Wildman–Crippen MR) is 136 cm³/mol. The minimum atomic E-state index is -0.743. The van der Waals surface area contributed by atoms with Gasteiger partial charge in [0.1, 0.15) is 0 Å². The van der Waals surface area contributed by atoms with Gasteiger partial charge in [-0.25, -0.2) is 4.79 Å². The highest BCUT2D eigenvalue weighted by atomic mass is 16.5. The van der Waals surface area contributed by atoms with Crippen molar-refractivity contribution in [2.24, 2.45) is 28.6 Å². The van der Waals surface area contributed by atoms with Gasteiger partial charge in [-0.1, -0.05) is 45.4 Å². The van der Waals surface area contributed by atoms with Gasteiger partial charge in [-0.05, 0) is 85.5 Å². The summed E-state index contributed by atoms with van der Waals surface area (Å²) in [5.74, 6) is -0.710. The van der Waals surface area contributed by atoms with Gasteiger partial charge in [-0.3, -0.25) is 4.79 Å². The van der Waals surface area contributed by atoms with E-state index in [-0.39, 0.29) is 34.7 Å². The zero-order valence-corrected chi connectivity index (χ0v) is 21.3. The van der Waals surface area contributed by atoms with Crippen molar-refractivity contribution in [2.75, 3.05) is 6.61 Å². The molecule has 6 heteroatoms. The average Bonchev–Trinajstić information content (AvgIpc) is 2.77. The first-order valence-corrected chi connectivity index (χ1v) is 12.7. The van der Waals surface area contributed by atoms with Gasteiger partial charge in [0.25, 0.3) is 0 Å². The van der Waals surface area contributed by atoms with Crippen LogP contribution >= 0.6 is 0 Å². The molecule has 6 nitrogen and oxygen atoms in total. The van der Waals surface area contributed by atoms with Crippen molar-refractivity contribution in [1.82, 2.24) is 0 Å². The van der Waals surface area contributed by atoms with Gasteiger partial charge in [0.15, 0.2) is 11.5 Å². The minimum absolute atomic E-state index is 0.0666. The molecule has 0 saturated heterocycles. The lowest BCUT2D eigenvalue weighted by Gasteiger charge is -2.58. The van der Waals surface area contributed by atoms with E-state index in [2.05, 4.69) is 20.4 Å². The van der Waals surface area contributed by atoms with Crippen molar-refractivity contribution >= 4 is 18.0 Å². The van der Waals surface area contributed by atoms with E-state index in [0.717, 1.165) is 44.9 Å². The number of hydrogen-bond donors (Lipinski definition) is 3. The van der Waals surface area contributed by atoms with Gasteiger partial charge in [0, 0.05) is 17.9 Å². The molecule has 2 aliphatic carbocycles. The van der Waals surface area contributed by atoms with E-state index < -0.39 is 11.9 Å².